The summed E-state index contributed by atoms with van der Waals surface area (Å²) < 4.78 is 7.35. The van der Waals surface area contributed by atoms with Crippen molar-refractivity contribution in [2.24, 2.45) is 5.73 Å². The Morgan fingerprint density at radius 3 is 2.85 bits per heavy atom. The molecule has 0 unspecified atom stereocenters. The summed E-state index contributed by atoms with van der Waals surface area (Å²) in [6.45, 7) is 0. The van der Waals surface area contributed by atoms with Crippen LogP contribution in [0, 0.1) is 0 Å². The minimum atomic E-state index is -1.15. The number of carboxylic acid groups (broad SMARTS) is 1. The summed E-state index contributed by atoms with van der Waals surface area (Å²) in [7, 11) is 0. The molecular formula is C14H20N6O5Se. The van der Waals surface area contributed by atoms with Crippen molar-refractivity contribution in [3.8, 4) is 0 Å². The van der Waals surface area contributed by atoms with E-state index in [2.05, 4.69) is 15.0 Å². The molecular weight excluding hydrogens is 411 g/mol. The van der Waals surface area contributed by atoms with Crippen LogP contribution in [-0.4, -0.2) is 80.1 Å². The second kappa shape index (κ2) is 7.82. The molecule has 0 bridgehead atoms. The summed E-state index contributed by atoms with van der Waals surface area (Å²) >= 11 is 0.0247. The van der Waals surface area contributed by atoms with Crippen LogP contribution in [0.25, 0.3) is 11.2 Å². The Bertz CT molecular complexity index is 788. The quantitative estimate of drug-likeness (QED) is 0.252. The molecule has 1 saturated heterocycles. The van der Waals surface area contributed by atoms with Crippen molar-refractivity contribution >= 4 is 37.9 Å². The monoisotopic (exact) mass is 432 g/mol. The molecule has 12 heteroatoms. The van der Waals surface area contributed by atoms with Crippen LogP contribution < -0.4 is 11.5 Å². The first-order chi connectivity index (χ1) is 12.4. The number of hydrogen-bond donors (Lipinski definition) is 5. The topological polar surface area (TPSA) is 183 Å². The van der Waals surface area contributed by atoms with Crippen molar-refractivity contribution in [3.05, 3.63) is 12.7 Å². The molecule has 1 aliphatic rings. The van der Waals surface area contributed by atoms with Crippen LogP contribution in [0.3, 0.4) is 0 Å². The molecule has 0 spiro atoms. The van der Waals surface area contributed by atoms with Crippen molar-refractivity contribution in [3.63, 3.8) is 0 Å². The Kier molecular flexibility index (Phi) is 5.70. The van der Waals surface area contributed by atoms with Gasteiger partial charge in [0, 0.05) is 0 Å². The van der Waals surface area contributed by atoms with Gasteiger partial charge in [0.05, 0.1) is 0 Å². The Hall–Kier alpha value is -1.82. The number of fused-ring (bicyclic) bond motifs is 1. The molecule has 1 fully saturated rings. The number of rotatable bonds is 7. The average molecular weight is 431 g/mol. The standard InChI is InChI=1S/C14H20N6O5Se/c15-6(14(23)24)1-2-26-3-7-9(21)10(22)13(25-7)20-5-19-8-11(16)17-4-18-12(8)20/h4-7,9-10,13,21-22H,1-3,15H2,(H,23,24)(H2,16,17,18)/t6-,7-,9-,10-,13-/m1/s1. The van der Waals surface area contributed by atoms with Crippen molar-refractivity contribution in [2.45, 2.75) is 47.6 Å². The van der Waals surface area contributed by atoms with Gasteiger partial charge in [-0.2, -0.15) is 0 Å². The Morgan fingerprint density at radius 1 is 1.35 bits per heavy atom. The Morgan fingerprint density at radius 2 is 2.12 bits per heavy atom. The van der Waals surface area contributed by atoms with Gasteiger partial charge in [-0.3, -0.25) is 0 Å². The van der Waals surface area contributed by atoms with Gasteiger partial charge in [-0.15, -0.1) is 0 Å². The first-order valence-corrected chi connectivity index (χ1v) is 10.3. The number of aliphatic hydroxyl groups excluding tert-OH is 2. The van der Waals surface area contributed by atoms with Crippen molar-refractivity contribution in [1.29, 1.82) is 0 Å². The van der Waals surface area contributed by atoms with Crippen LogP contribution >= 0.6 is 0 Å². The van der Waals surface area contributed by atoms with Gasteiger partial charge < -0.3 is 0 Å². The van der Waals surface area contributed by atoms with E-state index in [4.69, 9.17) is 21.3 Å². The van der Waals surface area contributed by atoms with Crippen LogP contribution in [0.5, 0.6) is 0 Å². The maximum atomic E-state index is 10.7. The second-order valence-electron chi connectivity index (χ2n) is 5.94. The van der Waals surface area contributed by atoms with Gasteiger partial charge in [-0.05, 0) is 0 Å². The molecule has 0 saturated carbocycles. The molecule has 142 valence electrons. The van der Waals surface area contributed by atoms with Crippen LogP contribution in [0.15, 0.2) is 12.7 Å². The molecule has 0 amide bonds. The third kappa shape index (κ3) is 3.65. The SMILES string of the molecule is Nc1ncnc2c1ncn2[C@@H]1O[C@H](C[Se]CC[C@@H](N)C(=O)O)[C@@H](O)[C@H]1O. The zero-order chi connectivity index (χ0) is 18.8. The first kappa shape index (κ1) is 19.0. The molecule has 3 heterocycles. The van der Waals surface area contributed by atoms with Gasteiger partial charge in [0.15, 0.2) is 0 Å². The molecule has 26 heavy (non-hydrogen) atoms. The number of aliphatic carboxylic acids is 1. The number of hydrogen-bond acceptors (Lipinski definition) is 9. The van der Waals surface area contributed by atoms with Crippen molar-refractivity contribution in [2.75, 3.05) is 5.73 Å². The van der Waals surface area contributed by atoms with E-state index in [1.807, 2.05) is 0 Å². The Balaban J connectivity index is 1.64. The zero-order valence-corrected chi connectivity index (χ0v) is 15.4. The van der Waals surface area contributed by atoms with E-state index in [-0.39, 0.29) is 20.8 Å². The van der Waals surface area contributed by atoms with E-state index in [0.29, 0.717) is 28.2 Å². The average Bonchev–Trinajstić information content (AvgIpc) is 3.15. The number of ether oxygens (including phenoxy) is 1. The van der Waals surface area contributed by atoms with E-state index in [1.54, 1.807) is 0 Å². The molecule has 1 aliphatic heterocycles. The number of carboxylic acids is 1. The molecule has 3 rings (SSSR count). The zero-order valence-electron chi connectivity index (χ0n) is 13.7. The van der Waals surface area contributed by atoms with E-state index >= 15 is 0 Å². The van der Waals surface area contributed by atoms with Crippen LogP contribution in [0.2, 0.25) is 10.6 Å². The van der Waals surface area contributed by atoms with Gasteiger partial charge in [-0.25, -0.2) is 0 Å². The predicted molar refractivity (Wildman–Crippen MR) is 91.3 cm³/mol. The summed E-state index contributed by atoms with van der Waals surface area (Å²) in [5, 5.41) is 30.6. The summed E-state index contributed by atoms with van der Waals surface area (Å²) in [4.78, 5) is 22.8. The van der Waals surface area contributed by atoms with Gasteiger partial charge in [0.2, 0.25) is 0 Å². The normalized spacial score (nSPS) is 27.0. The van der Waals surface area contributed by atoms with E-state index < -0.39 is 36.6 Å². The fourth-order valence-corrected chi connectivity index (χ4v) is 4.98. The minimum absolute atomic E-state index is 0.0247. The Labute approximate surface area is 154 Å². The van der Waals surface area contributed by atoms with Crippen molar-refractivity contribution < 1.29 is 24.9 Å². The third-order valence-corrected chi connectivity index (χ3v) is 6.45. The molecule has 7 N–H and O–H groups in total. The van der Waals surface area contributed by atoms with Gasteiger partial charge >= 0.3 is 154 Å². The number of carbonyl (C=O) groups is 1. The van der Waals surface area contributed by atoms with Crippen LogP contribution in [0.4, 0.5) is 5.82 Å². The summed E-state index contributed by atoms with van der Waals surface area (Å²) in [5.41, 5.74) is 12.0. The molecule has 0 aliphatic carbocycles. The summed E-state index contributed by atoms with van der Waals surface area (Å²) in [6, 6.07) is -0.882. The van der Waals surface area contributed by atoms with Gasteiger partial charge in [0.25, 0.3) is 0 Å². The van der Waals surface area contributed by atoms with Crippen molar-refractivity contribution in [1.82, 2.24) is 19.5 Å². The maximum absolute atomic E-state index is 10.7. The number of imidazole rings is 1. The molecule has 0 aromatic carbocycles. The van der Waals surface area contributed by atoms with Crippen LogP contribution in [-0.2, 0) is 9.53 Å². The molecule has 11 nitrogen and oxygen atoms in total. The first-order valence-electron chi connectivity index (χ1n) is 7.91. The number of aromatic nitrogens is 4. The fraction of sp³-hybridized carbons (Fsp3) is 0.571. The molecule has 0 radical (unpaired) electrons. The predicted octanol–water partition coefficient (Wildman–Crippen LogP) is -1.63. The summed E-state index contributed by atoms with van der Waals surface area (Å²) in [5.74, 6) is -0.807. The number of anilines is 1. The second-order valence-corrected chi connectivity index (χ2v) is 8.35. The number of aliphatic hydroxyl groups is 2. The van der Waals surface area contributed by atoms with E-state index in [1.165, 1.54) is 17.2 Å². The molecule has 2 aromatic heterocycles. The van der Waals surface area contributed by atoms with Crippen LogP contribution in [0.1, 0.15) is 12.6 Å². The van der Waals surface area contributed by atoms with E-state index in [9.17, 15) is 15.0 Å². The fourth-order valence-electron chi connectivity index (χ4n) is 2.69. The van der Waals surface area contributed by atoms with Gasteiger partial charge in [-0.1, -0.05) is 0 Å². The number of nitrogen functional groups attached to an aromatic ring is 1. The molecule has 2 aromatic rings. The molecule has 5 atom stereocenters. The summed E-state index contributed by atoms with van der Waals surface area (Å²) in [6.07, 6.45) is -0.515. The number of nitrogens with two attached hydrogens (primary N) is 2. The van der Waals surface area contributed by atoms with E-state index in [0.717, 1.165) is 0 Å². The van der Waals surface area contributed by atoms with Gasteiger partial charge in [0.1, 0.15) is 0 Å². The number of nitrogens with zero attached hydrogens (tertiary/aromatic N) is 4. The third-order valence-electron chi connectivity index (χ3n) is 4.17.